The summed E-state index contributed by atoms with van der Waals surface area (Å²) in [6.45, 7) is 15.0. The van der Waals surface area contributed by atoms with Crippen molar-refractivity contribution in [3.05, 3.63) is 88.7 Å². The molecular formula is C29H41N3O3. The number of hydroxylamine groups is 1. The summed E-state index contributed by atoms with van der Waals surface area (Å²) in [4.78, 5) is 14.1. The van der Waals surface area contributed by atoms with Gasteiger partial charge in [-0.15, -0.1) is 0 Å². The van der Waals surface area contributed by atoms with E-state index in [0.29, 0.717) is 12.2 Å². The first-order chi connectivity index (χ1) is 16.7. The van der Waals surface area contributed by atoms with Gasteiger partial charge in [-0.2, -0.15) is 0 Å². The maximum atomic E-state index is 11.6. The highest BCUT2D eigenvalue weighted by Crippen LogP contribution is 2.40. The molecule has 1 atom stereocenters. The molecule has 1 aromatic heterocycles. The van der Waals surface area contributed by atoms with Crippen LogP contribution in [0.25, 0.3) is 0 Å². The molecule has 1 amide bonds. The van der Waals surface area contributed by atoms with Crippen LogP contribution in [0.5, 0.6) is 0 Å². The number of aromatic nitrogens is 1. The Bertz CT molecular complexity index is 1000. The lowest BCUT2D eigenvalue weighted by molar-refractivity contribution is 0.0696. The summed E-state index contributed by atoms with van der Waals surface area (Å²) in [6.07, 6.45) is 20.8. The summed E-state index contributed by atoms with van der Waals surface area (Å²) >= 11 is 0. The lowest BCUT2D eigenvalue weighted by atomic mass is 9.86. The van der Waals surface area contributed by atoms with Crippen molar-refractivity contribution < 1.29 is 14.5 Å². The topological polar surface area (TPSA) is 78.6 Å². The molecule has 6 heteroatoms. The van der Waals surface area contributed by atoms with Crippen molar-refractivity contribution in [3.8, 4) is 0 Å². The van der Waals surface area contributed by atoms with Crippen molar-refractivity contribution in [1.82, 2.24) is 15.5 Å². The number of amides is 1. The van der Waals surface area contributed by atoms with Crippen molar-refractivity contribution in [2.24, 2.45) is 5.92 Å². The molecule has 0 fully saturated rings. The van der Waals surface area contributed by atoms with Crippen LogP contribution >= 0.6 is 0 Å². The second-order valence-corrected chi connectivity index (χ2v) is 9.60. The molecule has 190 valence electrons. The molecule has 2 N–H and O–H groups in total. The smallest absolute Gasteiger partial charge is 0.296 e. The van der Waals surface area contributed by atoms with Crippen LogP contribution in [0, 0.1) is 5.92 Å². The summed E-state index contributed by atoms with van der Waals surface area (Å²) in [7, 11) is 0. The maximum Gasteiger partial charge on any atom is 0.296 e. The fourth-order valence-electron chi connectivity index (χ4n) is 4.95. The van der Waals surface area contributed by atoms with Gasteiger partial charge in [-0.05, 0) is 90.0 Å². The zero-order valence-corrected chi connectivity index (χ0v) is 22.3. The van der Waals surface area contributed by atoms with E-state index in [9.17, 15) is 4.79 Å². The van der Waals surface area contributed by atoms with Crippen LogP contribution in [-0.4, -0.2) is 26.7 Å². The average Bonchev–Trinajstić information content (AvgIpc) is 3.21. The number of hydrogen-bond acceptors (Lipinski definition) is 5. The lowest BCUT2D eigenvalue weighted by Crippen LogP contribution is -2.44. The second kappa shape index (κ2) is 13.1. The van der Waals surface area contributed by atoms with Gasteiger partial charge in [-0.1, -0.05) is 48.5 Å². The molecule has 1 aliphatic rings. The first kappa shape index (κ1) is 28.1. The number of carbonyl (C=O) groups is 1. The molecule has 2 rings (SSSR count). The third-order valence-corrected chi connectivity index (χ3v) is 6.08. The first-order valence-corrected chi connectivity index (χ1v) is 12.4. The van der Waals surface area contributed by atoms with Crippen LogP contribution in [0.15, 0.2) is 81.7 Å². The predicted molar refractivity (Wildman–Crippen MR) is 142 cm³/mol. The van der Waals surface area contributed by atoms with Gasteiger partial charge in [0.25, 0.3) is 5.91 Å². The molecule has 6 nitrogen and oxygen atoms in total. The molecule has 2 heterocycles. The molecule has 0 radical (unpaired) electrons. The summed E-state index contributed by atoms with van der Waals surface area (Å²) in [5.41, 5.74) is 6.53. The van der Waals surface area contributed by atoms with Gasteiger partial charge < -0.3 is 9.42 Å². The number of allylic oxidation sites excluding steroid dienone is 10. The normalized spacial score (nSPS) is 17.0. The fraction of sp³-hybridized carbons (Fsp3) is 0.448. The summed E-state index contributed by atoms with van der Waals surface area (Å²) < 4.78 is 5.36. The highest BCUT2D eigenvalue weighted by atomic mass is 16.5. The molecule has 0 saturated heterocycles. The Hall–Kier alpha value is -3.12. The molecule has 1 aromatic rings. The minimum Gasteiger partial charge on any atom is -0.361 e. The van der Waals surface area contributed by atoms with Gasteiger partial charge in [0.2, 0.25) is 0 Å². The van der Waals surface area contributed by atoms with Gasteiger partial charge in [0.15, 0.2) is 5.69 Å². The largest absolute Gasteiger partial charge is 0.361 e. The van der Waals surface area contributed by atoms with Crippen LogP contribution in [-0.2, 0) is 6.42 Å². The van der Waals surface area contributed by atoms with Crippen LogP contribution in [0.4, 0.5) is 0 Å². The van der Waals surface area contributed by atoms with E-state index in [4.69, 9.17) is 9.73 Å². The maximum absolute atomic E-state index is 11.6. The van der Waals surface area contributed by atoms with Gasteiger partial charge in [-0.25, -0.2) is 5.48 Å². The molecular weight excluding hydrogens is 438 g/mol. The number of rotatable bonds is 10. The average molecular weight is 480 g/mol. The second-order valence-electron chi connectivity index (χ2n) is 9.60. The molecule has 0 bridgehead atoms. The SMILES string of the molecule is C/C=C\C1=C(/C=C\C)N(C(C)(C)CC(C)Cc2cc(C(=O)NO)no2)C(/C=C\C)=C(/C=C\C)CC1. The quantitative estimate of drug-likeness (QED) is 0.278. The van der Waals surface area contributed by atoms with E-state index in [0.717, 1.165) is 19.3 Å². The van der Waals surface area contributed by atoms with Crippen molar-refractivity contribution in [1.29, 1.82) is 0 Å². The van der Waals surface area contributed by atoms with Crippen molar-refractivity contribution in [2.75, 3.05) is 0 Å². The lowest BCUT2D eigenvalue weighted by Gasteiger charge is -2.44. The fourth-order valence-corrected chi connectivity index (χ4v) is 4.95. The van der Waals surface area contributed by atoms with E-state index in [1.54, 1.807) is 11.5 Å². The molecule has 0 spiro atoms. The van der Waals surface area contributed by atoms with Crippen LogP contribution in [0.1, 0.15) is 84.0 Å². The number of nitrogens with zero attached hydrogens (tertiary/aromatic N) is 2. The van der Waals surface area contributed by atoms with Gasteiger partial charge >= 0.3 is 0 Å². The van der Waals surface area contributed by atoms with E-state index in [1.165, 1.54) is 22.5 Å². The minimum absolute atomic E-state index is 0.0741. The molecule has 0 aromatic carbocycles. The Kier molecular flexibility index (Phi) is 10.5. The van der Waals surface area contributed by atoms with Crippen LogP contribution < -0.4 is 5.48 Å². The van der Waals surface area contributed by atoms with Gasteiger partial charge in [-0.3, -0.25) is 10.0 Å². The van der Waals surface area contributed by atoms with Crippen molar-refractivity contribution >= 4 is 5.91 Å². The predicted octanol–water partition coefficient (Wildman–Crippen LogP) is 7.05. The first-order valence-electron chi connectivity index (χ1n) is 12.4. The third-order valence-electron chi connectivity index (χ3n) is 6.08. The Balaban J connectivity index is 2.51. The number of nitrogens with one attached hydrogen (secondary N) is 1. The zero-order valence-electron chi connectivity index (χ0n) is 22.3. The minimum atomic E-state index is -0.673. The van der Waals surface area contributed by atoms with Crippen molar-refractivity contribution in [3.63, 3.8) is 0 Å². The number of carbonyl (C=O) groups excluding carboxylic acids is 1. The highest BCUT2D eigenvalue weighted by molar-refractivity contribution is 5.91. The van der Waals surface area contributed by atoms with Gasteiger partial charge in [0.05, 0.1) is 0 Å². The Morgan fingerprint density at radius 3 is 2.03 bits per heavy atom. The Labute approximate surface area is 210 Å². The van der Waals surface area contributed by atoms with Crippen molar-refractivity contribution in [2.45, 2.75) is 79.7 Å². The summed E-state index contributed by atoms with van der Waals surface area (Å²) in [5.74, 6) is 0.202. The molecule has 1 unspecified atom stereocenters. The highest BCUT2D eigenvalue weighted by Gasteiger charge is 2.34. The van der Waals surface area contributed by atoms with E-state index < -0.39 is 5.91 Å². The Morgan fingerprint density at radius 2 is 1.57 bits per heavy atom. The molecule has 0 saturated carbocycles. The summed E-state index contributed by atoms with van der Waals surface area (Å²) in [5, 5.41) is 12.6. The van der Waals surface area contributed by atoms with E-state index >= 15 is 0 Å². The van der Waals surface area contributed by atoms with E-state index in [2.05, 4.69) is 107 Å². The zero-order chi connectivity index (χ0) is 26.0. The van der Waals surface area contributed by atoms with Gasteiger partial charge in [0, 0.05) is 29.4 Å². The summed E-state index contributed by atoms with van der Waals surface area (Å²) in [6, 6.07) is 1.59. The van der Waals surface area contributed by atoms with Crippen LogP contribution in [0.3, 0.4) is 0 Å². The molecule has 0 aliphatic carbocycles. The van der Waals surface area contributed by atoms with E-state index in [1.807, 2.05) is 0 Å². The molecule has 35 heavy (non-hydrogen) atoms. The number of hydrogen-bond donors (Lipinski definition) is 2. The monoisotopic (exact) mass is 479 g/mol. The van der Waals surface area contributed by atoms with Gasteiger partial charge in [0.1, 0.15) is 5.76 Å². The third kappa shape index (κ3) is 7.18. The van der Waals surface area contributed by atoms with Crippen LogP contribution in [0.2, 0.25) is 0 Å². The standard InChI is InChI=1S/C29H41N3O3/c1-8-12-22-16-17-23(13-9-2)27(15-11-4)32(26(22)14-10-3)29(6,7)20-21(5)18-24-19-25(31-35-24)28(33)30-34/h8-15,19,21,34H,16-18,20H2,1-7H3,(H,30,33)/b12-8-,13-9-,14-10-,15-11-. The van der Waals surface area contributed by atoms with E-state index in [-0.39, 0.29) is 17.2 Å². The molecule has 1 aliphatic heterocycles. The Morgan fingerprint density at radius 1 is 1.06 bits per heavy atom.